The summed E-state index contributed by atoms with van der Waals surface area (Å²) in [5.74, 6) is 1.97. The van der Waals surface area contributed by atoms with Gasteiger partial charge in [0.05, 0.1) is 25.5 Å². The summed E-state index contributed by atoms with van der Waals surface area (Å²) in [7, 11) is 0. The maximum Gasteiger partial charge on any atom is 0.250 e. The van der Waals surface area contributed by atoms with Crippen LogP contribution in [0.2, 0.25) is 0 Å². The summed E-state index contributed by atoms with van der Waals surface area (Å²) in [5.41, 5.74) is 2.63. The molecule has 0 saturated heterocycles. The molecule has 0 spiro atoms. The summed E-state index contributed by atoms with van der Waals surface area (Å²) >= 11 is 1.38. The van der Waals surface area contributed by atoms with Crippen molar-refractivity contribution in [2.75, 3.05) is 25.1 Å². The smallest absolute Gasteiger partial charge is 0.250 e. The number of benzene rings is 2. The monoisotopic (exact) mass is 466 g/mol. The lowest BCUT2D eigenvalue weighted by molar-refractivity contribution is -0.111. The number of thiazole rings is 1. The Bertz CT molecular complexity index is 1060. The molecule has 0 aliphatic heterocycles. The normalized spacial score (nSPS) is 10.9. The number of hydrogen-bond acceptors (Lipinski definition) is 6. The van der Waals surface area contributed by atoms with Crippen LogP contribution in [-0.2, 0) is 4.79 Å². The van der Waals surface area contributed by atoms with Crippen LogP contribution in [0.4, 0.5) is 5.13 Å². The van der Waals surface area contributed by atoms with Gasteiger partial charge >= 0.3 is 0 Å². The van der Waals surface area contributed by atoms with Crippen molar-refractivity contribution in [2.45, 2.75) is 33.6 Å². The van der Waals surface area contributed by atoms with E-state index in [0.29, 0.717) is 30.7 Å². The summed E-state index contributed by atoms with van der Waals surface area (Å²) in [6.07, 6.45) is 5.29. The van der Waals surface area contributed by atoms with Crippen LogP contribution in [0, 0.1) is 0 Å². The Morgan fingerprint density at radius 2 is 1.79 bits per heavy atom. The van der Waals surface area contributed by atoms with Gasteiger partial charge in [0.1, 0.15) is 5.75 Å². The van der Waals surface area contributed by atoms with E-state index < -0.39 is 0 Å². The van der Waals surface area contributed by atoms with Crippen molar-refractivity contribution in [2.24, 2.45) is 0 Å². The molecule has 7 heteroatoms. The molecule has 1 heterocycles. The number of amides is 1. The van der Waals surface area contributed by atoms with E-state index in [0.717, 1.165) is 41.2 Å². The SMILES string of the molecule is CCCCOc1ccc(/C=C/C(=O)Nc2nc(-c3ccc(OCC)cc3)cs2)cc1OCC. The van der Waals surface area contributed by atoms with Gasteiger partial charge in [0.25, 0.3) is 0 Å². The van der Waals surface area contributed by atoms with E-state index in [1.165, 1.54) is 17.4 Å². The maximum atomic E-state index is 12.4. The van der Waals surface area contributed by atoms with Crippen molar-refractivity contribution in [1.82, 2.24) is 4.98 Å². The number of carbonyl (C=O) groups is 1. The summed E-state index contributed by atoms with van der Waals surface area (Å²) in [5, 5.41) is 5.28. The average molecular weight is 467 g/mol. The van der Waals surface area contributed by atoms with Gasteiger partial charge in [0.2, 0.25) is 5.91 Å². The Labute approximate surface area is 199 Å². The second-order valence-corrected chi connectivity index (χ2v) is 8.02. The van der Waals surface area contributed by atoms with Gasteiger partial charge in [-0.15, -0.1) is 11.3 Å². The van der Waals surface area contributed by atoms with E-state index in [2.05, 4.69) is 17.2 Å². The topological polar surface area (TPSA) is 69.7 Å². The van der Waals surface area contributed by atoms with Crippen LogP contribution in [0.15, 0.2) is 53.9 Å². The third-order valence-electron chi connectivity index (χ3n) is 4.65. The van der Waals surface area contributed by atoms with Gasteiger partial charge in [-0.2, -0.15) is 0 Å². The molecule has 3 aromatic rings. The van der Waals surface area contributed by atoms with Gasteiger partial charge in [0.15, 0.2) is 16.6 Å². The zero-order valence-electron chi connectivity index (χ0n) is 19.3. The Hall–Kier alpha value is -3.32. The fourth-order valence-electron chi connectivity index (χ4n) is 3.01. The number of carbonyl (C=O) groups excluding carboxylic acids is 1. The van der Waals surface area contributed by atoms with E-state index in [1.54, 1.807) is 6.08 Å². The predicted molar refractivity (Wildman–Crippen MR) is 134 cm³/mol. The van der Waals surface area contributed by atoms with Gasteiger partial charge in [0, 0.05) is 17.0 Å². The highest BCUT2D eigenvalue weighted by atomic mass is 32.1. The highest BCUT2D eigenvalue weighted by molar-refractivity contribution is 7.14. The molecule has 6 nitrogen and oxygen atoms in total. The van der Waals surface area contributed by atoms with E-state index in [9.17, 15) is 4.79 Å². The van der Waals surface area contributed by atoms with E-state index in [1.807, 2.05) is 61.7 Å². The number of rotatable bonds is 12. The lowest BCUT2D eigenvalue weighted by Gasteiger charge is -2.12. The number of anilines is 1. The maximum absolute atomic E-state index is 12.4. The average Bonchev–Trinajstić information content (AvgIpc) is 3.28. The first-order chi connectivity index (χ1) is 16.1. The molecule has 2 aromatic carbocycles. The van der Waals surface area contributed by atoms with Crippen LogP contribution < -0.4 is 19.5 Å². The van der Waals surface area contributed by atoms with Gasteiger partial charge in [-0.25, -0.2) is 4.98 Å². The van der Waals surface area contributed by atoms with Crippen LogP contribution >= 0.6 is 11.3 Å². The Kier molecular flexibility index (Phi) is 9.32. The van der Waals surface area contributed by atoms with Crippen LogP contribution in [0.5, 0.6) is 17.2 Å². The minimum atomic E-state index is -0.246. The van der Waals surface area contributed by atoms with Crippen molar-refractivity contribution in [3.63, 3.8) is 0 Å². The molecule has 0 aliphatic rings. The summed E-state index contributed by atoms with van der Waals surface area (Å²) in [6.45, 7) is 7.83. The summed E-state index contributed by atoms with van der Waals surface area (Å²) in [4.78, 5) is 16.9. The lowest BCUT2D eigenvalue weighted by Crippen LogP contribution is -2.07. The molecule has 0 saturated carbocycles. The van der Waals surface area contributed by atoms with E-state index in [4.69, 9.17) is 14.2 Å². The van der Waals surface area contributed by atoms with Crippen molar-refractivity contribution in [3.8, 4) is 28.5 Å². The Morgan fingerprint density at radius 1 is 1.00 bits per heavy atom. The second kappa shape index (κ2) is 12.6. The Balaban J connectivity index is 1.61. The number of nitrogens with zero attached hydrogens (tertiary/aromatic N) is 1. The first-order valence-corrected chi connectivity index (χ1v) is 12.1. The Morgan fingerprint density at radius 3 is 2.52 bits per heavy atom. The quantitative estimate of drug-likeness (QED) is 0.246. The standard InChI is InChI=1S/C26H30N2O4S/c1-4-7-16-32-23-14-8-19(17-24(23)31-6-3)9-15-25(29)28-26-27-22(18-33-26)20-10-12-21(13-11-20)30-5-2/h8-15,17-18H,4-7,16H2,1-3H3,(H,27,28,29)/b15-9+. The molecule has 0 radical (unpaired) electrons. The molecule has 0 atom stereocenters. The van der Waals surface area contributed by atoms with E-state index >= 15 is 0 Å². The van der Waals surface area contributed by atoms with Crippen LogP contribution in [0.3, 0.4) is 0 Å². The van der Waals surface area contributed by atoms with Crippen LogP contribution in [0.1, 0.15) is 39.2 Å². The van der Waals surface area contributed by atoms with Gasteiger partial charge in [-0.1, -0.05) is 19.4 Å². The molecule has 1 amide bonds. The van der Waals surface area contributed by atoms with Crippen molar-refractivity contribution in [3.05, 3.63) is 59.5 Å². The highest BCUT2D eigenvalue weighted by Gasteiger charge is 2.08. The fraction of sp³-hybridized carbons (Fsp3) is 0.308. The number of aromatic nitrogens is 1. The summed E-state index contributed by atoms with van der Waals surface area (Å²) < 4.78 is 17.0. The molecule has 174 valence electrons. The van der Waals surface area contributed by atoms with Gasteiger partial charge in [-0.05, 0) is 68.3 Å². The first-order valence-electron chi connectivity index (χ1n) is 11.2. The fourth-order valence-corrected chi connectivity index (χ4v) is 3.74. The number of ether oxygens (including phenoxy) is 3. The molecule has 0 fully saturated rings. The van der Waals surface area contributed by atoms with E-state index in [-0.39, 0.29) is 5.91 Å². The minimum Gasteiger partial charge on any atom is -0.494 e. The largest absolute Gasteiger partial charge is 0.494 e. The molecule has 1 aromatic heterocycles. The lowest BCUT2D eigenvalue weighted by atomic mass is 10.2. The molecule has 33 heavy (non-hydrogen) atoms. The van der Waals surface area contributed by atoms with Crippen molar-refractivity contribution in [1.29, 1.82) is 0 Å². The van der Waals surface area contributed by atoms with Crippen LogP contribution in [0.25, 0.3) is 17.3 Å². The molecule has 3 rings (SSSR count). The number of nitrogens with one attached hydrogen (secondary N) is 1. The predicted octanol–water partition coefficient (Wildman–Crippen LogP) is 6.44. The third-order valence-corrected chi connectivity index (χ3v) is 5.40. The third kappa shape index (κ3) is 7.36. The van der Waals surface area contributed by atoms with Crippen molar-refractivity contribution >= 4 is 28.5 Å². The van der Waals surface area contributed by atoms with Gasteiger partial charge < -0.3 is 14.2 Å². The van der Waals surface area contributed by atoms with Crippen molar-refractivity contribution < 1.29 is 19.0 Å². The highest BCUT2D eigenvalue weighted by Crippen LogP contribution is 2.30. The molecule has 0 unspecified atom stereocenters. The summed E-state index contributed by atoms with van der Waals surface area (Å²) in [6, 6.07) is 13.4. The number of unbranched alkanes of at least 4 members (excludes halogenated alkanes) is 1. The molecule has 1 N–H and O–H groups in total. The van der Waals surface area contributed by atoms with Crippen LogP contribution in [-0.4, -0.2) is 30.7 Å². The zero-order valence-corrected chi connectivity index (χ0v) is 20.1. The molecular weight excluding hydrogens is 436 g/mol. The first kappa shape index (κ1) is 24.3. The minimum absolute atomic E-state index is 0.246. The molecular formula is C26H30N2O4S. The van der Waals surface area contributed by atoms with Gasteiger partial charge in [-0.3, -0.25) is 10.1 Å². The molecule has 0 bridgehead atoms. The number of hydrogen-bond donors (Lipinski definition) is 1. The second-order valence-electron chi connectivity index (χ2n) is 7.16. The zero-order chi connectivity index (χ0) is 23.5. The molecule has 0 aliphatic carbocycles.